The third-order valence-corrected chi connectivity index (χ3v) is 10.6. The number of hydrogen-bond acceptors (Lipinski definition) is 8. The molecule has 44 heavy (non-hydrogen) atoms. The predicted molar refractivity (Wildman–Crippen MR) is 175 cm³/mol. The number of piperazine rings is 1. The number of nitrogens with zero attached hydrogens (tertiary/aromatic N) is 3. The first-order valence-corrected chi connectivity index (χ1v) is 17.4. The van der Waals surface area contributed by atoms with E-state index >= 15 is 0 Å². The number of amides is 1. The van der Waals surface area contributed by atoms with E-state index in [4.69, 9.17) is 4.74 Å². The molecule has 0 radical (unpaired) electrons. The van der Waals surface area contributed by atoms with Gasteiger partial charge in [0.1, 0.15) is 16.5 Å². The highest BCUT2D eigenvalue weighted by Gasteiger charge is 2.41. The van der Waals surface area contributed by atoms with Gasteiger partial charge in [0, 0.05) is 26.2 Å². The highest BCUT2D eigenvalue weighted by atomic mass is 32.2. The van der Waals surface area contributed by atoms with Crippen molar-refractivity contribution in [1.29, 1.82) is 0 Å². The van der Waals surface area contributed by atoms with Crippen LogP contribution in [0.4, 0.5) is 5.13 Å². The number of aromatic nitrogens is 1. The molecule has 1 aromatic heterocycles. The Morgan fingerprint density at radius 1 is 1.05 bits per heavy atom. The first-order chi connectivity index (χ1) is 20.7. The van der Waals surface area contributed by atoms with Crippen molar-refractivity contribution >= 4 is 38.4 Å². The molecule has 0 bridgehead atoms. The van der Waals surface area contributed by atoms with Crippen molar-refractivity contribution in [3.63, 3.8) is 0 Å². The number of esters is 1. The van der Waals surface area contributed by atoms with Gasteiger partial charge in [0.25, 0.3) is 0 Å². The molecular formula is C33H44N4O5S2. The minimum atomic E-state index is -3.97. The van der Waals surface area contributed by atoms with Gasteiger partial charge in [-0.1, -0.05) is 74.9 Å². The van der Waals surface area contributed by atoms with Gasteiger partial charge in [-0.15, -0.1) is 0 Å². The van der Waals surface area contributed by atoms with Crippen LogP contribution >= 0.6 is 11.3 Å². The quantitative estimate of drug-likeness (QED) is 0.284. The van der Waals surface area contributed by atoms with Crippen LogP contribution in [0.3, 0.4) is 0 Å². The van der Waals surface area contributed by atoms with Crippen LogP contribution in [0.15, 0.2) is 53.4 Å². The lowest BCUT2D eigenvalue weighted by Crippen LogP contribution is -2.60. The summed E-state index contributed by atoms with van der Waals surface area (Å²) in [5.41, 5.74) is 3.07. The Kier molecular flexibility index (Phi) is 10.5. The Bertz CT molecular complexity index is 1560. The SMILES string of the molecule is CCCc1ccc(S(=O)(=O)N2CCN(c3nc(C)c(C(=O)OC(C)(C)C)s3)CC2C(=O)NCc2ccc(C(C)C)cc2)cc1. The number of rotatable bonds is 10. The van der Waals surface area contributed by atoms with E-state index < -0.39 is 33.5 Å². The fraction of sp³-hybridized carbons (Fsp3) is 0.485. The van der Waals surface area contributed by atoms with Gasteiger partial charge in [-0.25, -0.2) is 18.2 Å². The zero-order valence-corrected chi connectivity index (χ0v) is 28.3. The van der Waals surface area contributed by atoms with E-state index in [1.165, 1.54) is 21.2 Å². The molecular weight excluding hydrogens is 597 g/mol. The maximum absolute atomic E-state index is 13.9. The number of sulfonamides is 1. The molecule has 1 aliphatic heterocycles. The summed E-state index contributed by atoms with van der Waals surface area (Å²) in [6, 6.07) is 13.9. The number of thiazole rings is 1. The molecule has 1 amide bonds. The van der Waals surface area contributed by atoms with Crippen LogP contribution in [-0.2, 0) is 32.5 Å². The van der Waals surface area contributed by atoms with Gasteiger partial charge in [0.2, 0.25) is 15.9 Å². The Hall–Kier alpha value is -3.28. The molecule has 238 valence electrons. The monoisotopic (exact) mass is 640 g/mol. The van der Waals surface area contributed by atoms with Crippen molar-refractivity contribution in [1.82, 2.24) is 14.6 Å². The average Bonchev–Trinajstić information content (AvgIpc) is 3.37. The number of carbonyl (C=O) groups is 2. The van der Waals surface area contributed by atoms with E-state index in [2.05, 4.69) is 31.1 Å². The van der Waals surface area contributed by atoms with Gasteiger partial charge in [-0.3, -0.25) is 4.79 Å². The minimum Gasteiger partial charge on any atom is -0.456 e. The van der Waals surface area contributed by atoms with Crippen LogP contribution in [0.1, 0.15) is 85.9 Å². The van der Waals surface area contributed by atoms with E-state index in [9.17, 15) is 18.0 Å². The van der Waals surface area contributed by atoms with Gasteiger partial charge < -0.3 is 15.0 Å². The molecule has 1 saturated heterocycles. The Labute approximate surface area is 265 Å². The Balaban J connectivity index is 1.60. The fourth-order valence-electron chi connectivity index (χ4n) is 5.05. The summed E-state index contributed by atoms with van der Waals surface area (Å²) in [6.45, 7) is 14.2. The Morgan fingerprint density at radius 3 is 2.27 bits per heavy atom. The van der Waals surface area contributed by atoms with E-state index in [0.29, 0.717) is 28.2 Å². The molecule has 1 unspecified atom stereocenters. The normalized spacial score (nSPS) is 16.3. The highest BCUT2D eigenvalue weighted by Crippen LogP contribution is 2.31. The molecule has 2 heterocycles. The lowest BCUT2D eigenvalue weighted by atomic mass is 10.0. The van der Waals surface area contributed by atoms with Crippen LogP contribution < -0.4 is 10.2 Å². The number of aryl methyl sites for hydroxylation is 2. The molecule has 0 saturated carbocycles. The zero-order valence-electron chi connectivity index (χ0n) is 26.7. The summed E-state index contributed by atoms with van der Waals surface area (Å²) in [5, 5.41) is 3.51. The van der Waals surface area contributed by atoms with Gasteiger partial charge in [0.15, 0.2) is 5.13 Å². The Morgan fingerprint density at radius 2 is 1.68 bits per heavy atom. The molecule has 1 aliphatic rings. The largest absolute Gasteiger partial charge is 0.456 e. The smallest absolute Gasteiger partial charge is 0.350 e. The summed E-state index contributed by atoms with van der Waals surface area (Å²) in [6.07, 6.45) is 1.82. The minimum absolute atomic E-state index is 0.0839. The molecule has 1 fully saturated rings. The number of benzene rings is 2. The van der Waals surface area contributed by atoms with Gasteiger partial charge in [-0.05, 0) is 68.9 Å². The summed E-state index contributed by atoms with van der Waals surface area (Å²) in [4.78, 5) is 33.6. The maximum Gasteiger partial charge on any atom is 0.350 e. The number of hydrogen-bond donors (Lipinski definition) is 1. The van der Waals surface area contributed by atoms with E-state index in [1.54, 1.807) is 39.8 Å². The van der Waals surface area contributed by atoms with Crippen molar-refractivity contribution in [2.24, 2.45) is 0 Å². The molecule has 0 spiro atoms. The van der Waals surface area contributed by atoms with Crippen molar-refractivity contribution in [3.05, 3.63) is 75.8 Å². The van der Waals surface area contributed by atoms with Crippen molar-refractivity contribution in [3.8, 4) is 0 Å². The molecule has 3 aromatic rings. The average molecular weight is 641 g/mol. The van der Waals surface area contributed by atoms with Crippen molar-refractivity contribution in [2.45, 2.75) is 90.3 Å². The summed E-state index contributed by atoms with van der Waals surface area (Å²) < 4.78 is 34.7. The maximum atomic E-state index is 13.9. The predicted octanol–water partition coefficient (Wildman–Crippen LogP) is 5.68. The van der Waals surface area contributed by atoms with E-state index in [0.717, 1.165) is 24.0 Å². The summed E-state index contributed by atoms with van der Waals surface area (Å²) >= 11 is 1.19. The molecule has 4 rings (SSSR count). The topological polar surface area (TPSA) is 109 Å². The molecule has 11 heteroatoms. The van der Waals surface area contributed by atoms with Crippen LogP contribution in [0.5, 0.6) is 0 Å². The van der Waals surface area contributed by atoms with Crippen LogP contribution in [0, 0.1) is 6.92 Å². The third kappa shape index (κ3) is 8.05. The first kappa shape index (κ1) is 33.6. The van der Waals surface area contributed by atoms with E-state index in [-0.39, 0.29) is 24.5 Å². The lowest BCUT2D eigenvalue weighted by molar-refractivity contribution is -0.125. The molecule has 1 N–H and O–H groups in total. The molecule has 2 aromatic carbocycles. The van der Waals surface area contributed by atoms with Gasteiger partial charge in [0.05, 0.1) is 10.6 Å². The van der Waals surface area contributed by atoms with Crippen LogP contribution in [0.25, 0.3) is 0 Å². The van der Waals surface area contributed by atoms with Gasteiger partial charge >= 0.3 is 5.97 Å². The molecule has 0 aliphatic carbocycles. The first-order valence-electron chi connectivity index (χ1n) is 15.1. The number of ether oxygens (including phenoxy) is 1. The lowest BCUT2D eigenvalue weighted by Gasteiger charge is -2.39. The van der Waals surface area contributed by atoms with Crippen molar-refractivity contribution in [2.75, 3.05) is 24.5 Å². The van der Waals surface area contributed by atoms with Gasteiger partial charge in [-0.2, -0.15) is 4.31 Å². The standard InChI is InChI=1S/C33H44N4O5S2/c1-8-9-24-12-16-27(17-13-24)44(40,41)37-19-18-36(32-35-23(4)29(43-32)31(39)42-33(5,6)7)21-28(37)30(38)34-20-25-10-14-26(15-11-25)22(2)3/h10-17,22,28H,8-9,18-21H2,1-7H3,(H,34,38). The second-order valence-electron chi connectivity index (χ2n) is 12.5. The number of anilines is 1. The second-order valence-corrected chi connectivity index (χ2v) is 15.4. The highest BCUT2D eigenvalue weighted by molar-refractivity contribution is 7.89. The summed E-state index contributed by atoms with van der Waals surface area (Å²) in [5.74, 6) is -0.453. The molecule has 9 nitrogen and oxygen atoms in total. The molecule has 1 atom stereocenters. The summed E-state index contributed by atoms with van der Waals surface area (Å²) in [7, 11) is -3.97. The third-order valence-electron chi connectivity index (χ3n) is 7.46. The zero-order chi connectivity index (χ0) is 32.2. The fourth-order valence-corrected chi connectivity index (χ4v) is 7.60. The van der Waals surface area contributed by atoms with Crippen LogP contribution in [0.2, 0.25) is 0 Å². The van der Waals surface area contributed by atoms with E-state index in [1.807, 2.05) is 41.3 Å². The number of nitrogens with one attached hydrogen (secondary N) is 1. The number of carbonyl (C=O) groups excluding carboxylic acids is 2. The van der Waals surface area contributed by atoms with Crippen LogP contribution in [-0.4, -0.2) is 60.9 Å². The van der Waals surface area contributed by atoms with Crippen molar-refractivity contribution < 1.29 is 22.7 Å². The second kappa shape index (κ2) is 13.8.